The Labute approximate surface area is 101 Å². The van der Waals surface area contributed by atoms with E-state index < -0.39 is 11.8 Å². The van der Waals surface area contributed by atoms with Gasteiger partial charge in [-0.15, -0.1) is 0 Å². The summed E-state index contributed by atoms with van der Waals surface area (Å²) in [6.07, 6.45) is 2.21. The molecular weight excluding hydrogens is 247 g/mol. The molecule has 0 amide bonds. The van der Waals surface area contributed by atoms with Gasteiger partial charge in [0.15, 0.2) is 5.82 Å². The van der Waals surface area contributed by atoms with E-state index in [0.717, 1.165) is 12.4 Å². The third kappa shape index (κ3) is 2.24. The molecule has 1 heterocycles. The SMILES string of the molecule is O=C(O)c1cnc(-c2c(F)cccc2Cl)nc1. The van der Waals surface area contributed by atoms with E-state index in [4.69, 9.17) is 16.7 Å². The number of carbonyl (C=O) groups is 1. The fraction of sp³-hybridized carbons (Fsp3) is 0. The normalized spacial score (nSPS) is 10.2. The van der Waals surface area contributed by atoms with Crippen LogP contribution in [-0.4, -0.2) is 21.0 Å². The van der Waals surface area contributed by atoms with Crippen molar-refractivity contribution in [1.82, 2.24) is 9.97 Å². The predicted molar refractivity (Wildman–Crippen MR) is 59.4 cm³/mol. The second kappa shape index (κ2) is 4.47. The van der Waals surface area contributed by atoms with Gasteiger partial charge in [0.05, 0.1) is 16.1 Å². The lowest BCUT2D eigenvalue weighted by Gasteiger charge is -2.04. The number of benzene rings is 1. The van der Waals surface area contributed by atoms with Gasteiger partial charge in [0.25, 0.3) is 0 Å². The standard InChI is InChI=1S/C11H6ClFN2O2/c12-7-2-1-3-8(13)9(7)10-14-4-6(5-15-10)11(16)17/h1-5H,(H,16,17). The summed E-state index contributed by atoms with van der Waals surface area (Å²) in [6, 6.07) is 4.21. The maximum Gasteiger partial charge on any atom is 0.338 e. The van der Waals surface area contributed by atoms with E-state index in [9.17, 15) is 9.18 Å². The maximum atomic E-state index is 13.5. The Hall–Kier alpha value is -2.01. The van der Waals surface area contributed by atoms with Gasteiger partial charge < -0.3 is 5.11 Å². The Morgan fingerprint density at radius 3 is 2.47 bits per heavy atom. The number of rotatable bonds is 2. The van der Waals surface area contributed by atoms with Gasteiger partial charge in [0, 0.05) is 12.4 Å². The van der Waals surface area contributed by atoms with Crippen molar-refractivity contribution in [2.75, 3.05) is 0 Å². The number of nitrogens with zero attached hydrogens (tertiary/aromatic N) is 2. The second-order valence-electron chi connectivity index (χ2n) is 3.20. The summed E-state index contributed by atoms with van der Waals surface area (Å²) in [5, 5.41) is 8.85. The predicted octanol–water partition coefficient (Wildman–Crippen LogP) is 2.63. The quantitative estimate of drug-likeness (QED) is 0.892. The molecule has 2 rings (SSSR count). The average Bonchev–Trinajstić information content (AvgIpc) is 2.29. The molecular formula is C11H6ClFN2O2. The van der Waals surface area contributed by atoms with Crippen LogP contribution in [0, 0.1) is 5.82 Å². The van der Waals surface area contributed by atoms with Crippen molar-refractivity contribution in [2.45, 2.75) is 0 Å². The van der Waals surface area contributed by atoms with Crippen molar-refractivity contribution in [3.8, 4) is 11.4 Å². The molecule has 0 atom stereocenters. The van der Waals surface area contributed by atoms with E-state index in [0.29, 0.717) is 0 Å². The van der Waals surface area contributed by atoms with Crippen LogP contribution in [0.25, 0.3) is 11.4 Å². The van der Waals surface area contributed by atoms with Gasteiger partial charge in [-0.25, -0.2) is 19.2 Å². The summed E-state index contributed by atoms with van der Waals surface area (Å²) in [5.74, 6) is -1.64. The lowest BCUT2D eigenvalue weighted by atomic mass is 10.2. The van der Waals surface area contributed by atoms with Crippen LogP contribution in [-0.2, 0) is 0 Å². The Morgan fingerprint density at radius 2 is 1.94 bits per heavy atom. The Bertz CT molecular complexity index is 552. The molecule has 0 radical (unpaired) electrons. The minimum atomic E-state index is -1.14. The molecule has 2 aromatic rings. The van der Waals surface area contributed by atoms with Crippen molar-refractivity contribution in [3.63, 3.8) is 0 Å². The zero-order chi connectivity index (χ0) is 12.4. The first-order valence-electron chi connectivity index (χ1n) is 4.59. The molecule has 0 aliphatic heterocycles. The van der Waals surface area contributed by atoms with E-state index in [1.54, 1.807) is 0 Å². The van der Waals surface area contributed by atoms with Gasteiger partial charge in [0.2, 0.25) is 0 Å². The third-order valence-electron chi connectivity index (χ3n) is 2.09. The van der Waals surface area contributed by atoms with Crippen LogP contribution in [0.2, 0.25) is 5.02 Å². The van der Waals surface area contributed by atoms with E-state index in [1.807, 2.05) is 0 Å². The molecule has 0 fully saturated rings. The number of hydrogen-bond donors (Lipinski definition) is 1. The first-order chi connectivity index (χ1) is 8.09. The Morgan fingerprint density at radius 1 is 1.29 bits per heavy atom. The number of carboxylic acid groups (broad SMARTS) is 1. The zero-order valence-electron chi connectivity index (χ0n) is 8.39. The van der Waals surface area contributed by atoms with E-state index >= 15 is 0 Å². The van der Waals surface area contributed by atoms with Gasteiger partial charge in [-0.2, -0.15) is 0 Å². The van der Waals surface area contributed by atoms with Crippen LogP contribution in [0.3, 0.4) is 0 Å². The molecule has 0 spiro atoms. The molecule has 17 heavy (non-hydrogen) atoms. The first kappa shape index (κ1) is 11.5. The summed E-state index contributed by atoms with van der Waals surface area (Å²) >= 11 is 5.83. The van der Waals surface area contributed by atoms with Crippen molar-refractivity contribution in [2.24, 2.45) is 0 Å². The summed E-state index contributed by atoms with van der Waals surface area (Å²) in [4.78, 5) is 18.2. The number of halogens is 2. The number of hydrogen-bond acceptors (Lipinski definition) is 3. The van der Waals surface area contributed by atoms with Crippen LogP contribution in [0.15, 0.2) is 30.6 Å². The van der Waals surface area contributed by atoms with Gasteiger partial charge in [-0.3, -0.25) is 0 Å². The van der Waals surface area contributed by atoms with Crippen molar-refractivity contribution in [1.29, 1.82) is 0 Å². The molecule has 0 bridgehead atoms. The fourth-order valence-electron chi connectivity index (χ4n) is 1.28. The smallest absolute Gasteiger partial charge is 0.338 e. The zero-order valence-corrected chi connectivity index (χ0v) is 9.15. The lowest BCUT2D eigenvalue weighted by Crippen LogP contribution is -2.00. The summed E-state index contributed by atoms with van der Waals surface area (Å²) in [7, 11) is 0. The Kier molecular flexibility index (Phi) is 3.01. The molecule has 0 unspecified atom stereocenters. The number of carboxylic acids is 1. The molecule has 0 aliphatic rings. The molecule has 1 N–H and O–H groups in total. The number of aromatic nitrogens is 2. The summed E-state index contributed by atoms with van der Waals surface area (Å²) < 4.78 is 13.5. The second-order valence-corrected chi connectivity index (χ2v) is 3.60. The van der Waals surface area contributed by atoms with Crippen LogP contribution in [0.5, 0.6) is 0 Å². The topological polar surface area (TPSA) is 63.1 Å². The lowest BCUT2D eigenvalue weighted by molar-refractivity contribution is 0.0696. The molecule has 86 valence electrons. The molecule has 0 aliphatic carbocycles. The minimum Gasteiger partial charge on any atom is -0.478 e. The Balaban J connectivity index is 2.50. The molecule has 6 heteroatoms. The van der Waals surface area contributed by atoms with Gasteiger partial charge in [0.1, 0.15) is 5.82 Å². The largest absolute Gasteiger partial charge is 0.478 e. The van der Waals surface area contributed by atoms with E-state index in [2.05, 4.69) is 9.97 Å². The van der Waals surface area contributed by atoms with Gasteiger partial charge in [-0.05, 0) is 12.1 Å². The fourth-order valence-corrected chi connectivity index (χ4v) is 1.53. The molecule has 0 saturated heterocycles. The summed E-state index contributed by atoms with van der Waals surface area (Å²) in [5.41, 5.74) is -0.00711. The monoisotopic (exact) mass is 252 g/mol. The van der Waals surface area contributed by atoms with Crippen LogP contribution in [0.4, 0.5) is 4.39 Å². The highest BCUT2D eigenvalue weighted by Crippen LogP contribution is 2.27. The van der Waals surface area contributed by atoms with Gasteiger partial charge >= 0.3 is 5.97 Å². The minimum absolute atomic E-state index is 0.0538. The molecule has 0 saturated carbocycles. The van der Waals surface area contributed by atoms with Gasteiger partial charge in [-0.1, -0.05) is 17.7 Å². The van der Waals surface area contributed by atoms with Crippen molar-refractivity contribution < 1.29 is 14.3 Å². The maximum absolute atomic E-state index is 13.5. The van der Waals surface area contributed by atoms with Crippen LogP contribution in [0.1, 0.15) is 10.4 Å². The summed E-state index contributed by atoms with van der Waals surface area (Å²) in [6.45, 7) is 0. The molecule has 4 nitrogen and oxygen atoms in total. The highest BCUT2D eigenvalue weighted by molar-refractivity contribution is 6.33. The van der Waals surface area contributed by atoms with Crippen LogP contribution < -0.4 is 0 Å². The highest BCUT2D eigenvalue weighted by atomic mass is 35.5. The van der Waals surface area contributed by atoms with E-state index in [-0.39, 0.29) is 22.0 Å². The first-order valence-corrected chi connectivity index (χ1v) is 4.97. The van der Waals surface area contributed by atoms with Crippen molar-refractivity contribution in [3.05, 3.63) is 47.0 Å². The van der Waals surface area contributed by atoms with Crippen LogP contribution >= 0.6 is 11.6 Å². The highest BCUT2D eigenvalue weighted by Gasteiger charge is 2.13. The van der Waals surface area contributed by atoms with Crippen molar-refractivity contribution >= 4 is 17.6 Å². The third-order valence-corrected chi connectivity index (χ3v) is 2.40. The average molecular weight is 253 g/mol. The van der Waals surface area contributed by atoms with E-state index in [1.165, 1.54) is 18.2 Å². The number of aromatic carboxylic acids is 1. The molecule has 1 aromatic carbocycles. The molecule has 1 aromatic heterocycles.